The lowest BCUT2D eigenvalue weighted by atomic mass is 10.0. The molecule has 3 aromatic carbocycles. The van der Waals surface area contributed by atoms with Gasteiger partial charge in [0.15, 0.2) is 5.78 Å². The van der Waals surface area contributed by atoms with E-state index in [1.165, 1.54) is 23.5 Å². The first-order chi connectivity index (χ1) is 12.6. The van der Waals surface area contributed by atoms with Crippen molar-refractivity contribution in [3.63, 3.8) is 0 Å². The van der Waals surface area contributed by atoms with E-state index in [0.717, 1.165) is 21.4 Å². The maximum atomic E-state index is 12.0. The van der Waals surface area contributed by atoms with Crippen LogP contribution in [0.5, 0.6) is 0 Å². The van der Waals surface area contributed by atoms with Crippen LogP contribution < -0.4 is 5.43 Å². The number of fused-ring (bicyclic) bond motifs is 1. The molecule has 132 valence electrons. The van der Waals surface area contributed by atoms with Crippen LogP contribution >= 0.6 is 11.8 Å². The van der Waals surface area contributed by atoms with Gasteiger partial charge in [-0.25, -0.2) is 0 Å². The van der Waals surface area contributed by atoms with Gasteiger partial charge < -0.3 is 0 Å². The molecular formula is C22H22N2OS. The minimum Gasteiger partial charge on any atom is -0.292 e. The number of benzene rings is 3. The Hall–Kier alpha value is -2.59. The van der Waals surface area contributed by atoms with Crippen LogP contribution in [-0.4, -0.2) is 17.8 Å². The summed E-state index contributed by atoms with van der Waals surface area (Å²) in [5.41, 5.74) is 5.18. The Morgan fingerprint density at radius 3 is 2.54 bits per heavy atom. The molecule has 3 aromatic rings. The average molecular weight is 362 g/mol. The number of Topliss-reactive ketones (excluding diaryl/α,β-unsaturated/α-hetero) is 1. The largest absolute Gasteiger partial charge is 0.292 e. The third-order valence-corrected chi connectivity index (χ3v) is 5.15. The molecule has 0 bridgehead atoms. The summed E-state index contributed by atoms with van der Waals surface area (Å²) in [5, 5.41) is 6.32. The number of nitrogens with zero attached hydrogens (tertiary/aromatic N) is 1. The molecule has 3 rings (SSSR count). The standard InChI is InChI=1S/C22H22N2OS/c1-16(2)17-10-12-20(13-11-17)26-15-19(25)14-23-24-22-9-5-7-18-6-3-4-8-21(18)22/h3-14,16,24H,15H2,1-2H3. The van der Waals surface area contributed by atoms with E-state index in [0.29, 0.717) is 11.7 Å². The molecule has 26 heavy (non-hydrogen) atoms. The van der Waals surface area contributed by atoms with Crippen LogP contribution in [0.25, 0.3) is 10.8 Å². The minimum atomic E-state index is -0.0179. The molecule has 0 heterocycles. The van der Waals surface area contributed by atoms with E-state index in [4.69, 9.17) is 0 Å². The molecule has 1 N–H and O–H groups in total. The van der Waals surface area contributed by atoms with Crippen molar-refractivity contribution >= 4 is 40.2 Å². The molecule has 4 heteroatoms. The van der Waals surface area contributed by atoms with Crippen molar-refractivity contribution in [3.05, 3.63) is 72.3 Å². The first kappa shape index (κ1) is 18.2. The molecule has 0 radical (unpaired) electrons. The van der Waals surface area contributed by atoms with Gasteiger partial charge in [-0.1, -0.05) is 62.4 Å². The Kier molecular flexibility index (Phi) is 6.08. The van der Waals surface area contributed by atoms with E-state index >= 15 is 0 Å². The van der Waals surface area contributed by atoms with E-state index in [9.17, 15) is 4.79 Å². The third kappa shape index (κ3) is 4.73. The van der Waals surface area contributed by atoms with Gasteiger partial charge in [0.1, 0.15) is 0 Å². The first-order valence-corrected chi connectivity index (χ1v) is 9.64. The van der Waals surface area contributed by atoms with E-state index in [1.54, 1.807) is 0 Å². The molecule has 0 saturated heterocycles. The number of carbonyl (C=O) groups excluding carboxylic acids is 1. The van der Waals surface area contributed by atoms with Crippen molar-refractivity contribution in [3.8, 4) is 0 Å². The molecule has 0 aliphatic rings. The fourth-order valence-electron chi connectivity index (χ4n) is 2.64. The number of anilines is 1. The zero-order valence-corrected chi connectivity index (χ0v) is 15.8. The maximum Gasteiger partial charge on any atom is 0.185 e. The van der Waals surface area contributed by atoms with Crippen molar-refractivity contribution in [1.29, 1.82) is 0 Å². The third-order valence-electron chi connectivity index (χ3n) is 4.11. The molecule has 3 nitrogen and oxygen atoms in total. The highest BCUT2D eigenvalue weighted by Gasteiger charge is 2.03. The second-order valence-corrected chi connectivity index (χ2v) is 7.42. The summed E-state index contributed by atoms with van der Waals surface area (Å²) in [7, 11) is 0. The predicted molar refractivity (Wildman–Crippen MR) is 112 cm³/mol. The van der Waals surface area contributed by atoms with Crippen LogP contribution in [0.15, 0.2) is 76.7 Å². The minimum absolute atomic E-state index is 0.0179. The lowest BCUT2D eigenvalue weighted by Crippen LogP contribution is -2.04. The first-order valence-electron chi connectivity index (χ1n) is 8.66. The molecule has 0 atom stereocenters. The number of hydrogen-bond acceptors (Lipinski definition) is 4. The predicted octanol–water partition coefficient (Wildman–Crippen LogP) is 5.72. The maximum absolute atomic E-state index is 12.0. The van der Waals surface area contributed by atoms with E-state index in [-0.39, 0.29) is 5.78 Å². The van der Waals surface area contributed by atoms with Crippen molar-refractivity contribution in [2.24, 2.45) is 5.10 Å². The summed E-state index contributed by atoms with van der Waals surface area (Å²) in [6.07, 6.45) is 1.36. The SMILES string of the molecule is CC(C)c1ccc(SCC(=O)C=NNc2cccc3ccccc23)cc1. The highest BCUT2D eigenvalue weighted by molar-refractivity contribution is 8.00. The van der Waals surface area contributed by atoms with Crippen LogP contribution in [0.1, 0.15) is 25.3 Å². The summed E-state index contributed by atoms with van der Waals surface area (Å²) in [5.74, 6) is 0.875. The van der Waals surface area contributed by atoms with Gasteiger partial charge in [0.2, 0.25) is 0 Å². The Labute approximate surface area is 158 Å². The number of ketones is 1. The van der Waals surface area contributed by atoms with Gasteiger partial charge in [-0.05, 0) is 35.1 Å². The van der Waals surface area contributed by atoms with Gasteiger partial charge in [0.25, 0.3) is 0 Å². The lowest BCUT2D eigenvalue weighted by Gasteiger charge is -2.06. The number of nitrogens with one attached hydrogen (secondary N) is 1. The monoisotopic (exact) mass is 362 g/mol. The fourth-order valence-corrected chi connectivity index (χ4v) is 3.35. The molecule has 0 saturated carbocycles. The molecular weight excluding hydrogens is 340 g/mol. The van der Waals surface area contributed by atoms with Crippen LogP contribution in [0.3, 0.4) is 0 Å². The average Bonchev–Trinajstić information content (AvgIpc) is 2.67. The molecule has 0 aromatic heterocycles. The van der Waals surface area contributed by atoms with E-state index in [1.807, 2.05) is 30.3 Å². The molecule has 0 unspecified atom stereocenters. The van der Waals surface area contributed by atoms with Crippen molar-refractivity contribution in [2.45, 2.75) is 24.7 Å². The number of rotatable bonds is 7. The zero-order chi connectivity index (χ0) is 18.4. The van der Waals surface area contributed by atoms with Crippen LogP contribution in [0.4, 0.5) is 5.69 Å². The summed E-state index contributed by atoms with van der Waals surface area (Å²) < 4.78 is 0. The normalized spacial score (nSPS) is 11.3. The number of carbonyl (C=O) groups is 1. The summed E-state index contributed by atoms with van der Waals surface area (Å²) in [6, 6.07) is 22.4. The van der Waals surface area contributed by atoms with Gasteiger partial charge in [-0.3, -0.25) is 10.2 Å². The number of thioether (sulfide) groups is 1. The quantitative estimate of drug-likeness (QED) is 0.332. The van der Waals surface area contributed by atoms with E-state index < -0.39 is 0 Å². The van der Waals surface area contributed by atoms with Crippen molar-refractivity contribution in [1.82, 2.24) is 0 Å². The van der Waals surface area contributed by atoms with Crippen molar-refractivity contribution in [2.75, 3.05) is 11.2 Å². The number of hydrogen-bond donors (Lipinski definition) is 1. The van der Waals surface area contributed by atoms with Gasteiger partial charge in [-0.2, -0.15) is 5.10 Å². The smallest absolute Gasteiger partial charge is 0.185 e. The molecule has 0 amide bonds. The topological polar surface area (TPSA) is 41.5 Å². The highest BCUT2D eigenvalue weighted by atomic mass is 32.2. The molecule has 0 fully saturated rings. The Balaban J connectivity index is 1.54. The molecule has 0 aliphatic heterocycles. The zero-order valence-electron chi connectivity index (χ0n) is 15.0. The second kappa shape index (κ2) is 8.68. The van der Waals surface area contributed by atoms with E-state index in [2.05, 4.69) is 60.8 Å². The van der Waals surface area contributed by atoms with Crippen LogP contribution in [-0.2, 0) is 4.79 Å². The van der Waals surface area contributed by atoms with Gasteiger partial charge in [0.05, 0.1) is 17.7 Å². The van der Waals surface area contributed by atoms with Gasteiger partial charge in [-0.15, -0.1) is 11.8 Å². The summed E-state index contributed by atoms with van der Waals surface area (Å²) >= 11 is 1.53. The second-order valence-electron chi connectivity index (χ2n) is 6.38. The summed E-state index contributed by atoms with van der Waals surface area (Å²) in [6.45, 7) is 4.34. The summed E-state index contributed by atoms with van der Waals surface area (Å²) in [4.78, 5) is 13.1. The van der Waals surface area contributed by atoms with Gasteiger partial charge >= 0.3 is 0 Å². The fraction of sp³-hybridized carbons (Fsp3) is 0.182. The Morgan fingerprint density at radius 1 is 1.04 bits per heavy atom. The van der Waals surface area contributed by atoms with Crippen LogP contribution in [0, 0.1) is 0 Å². The molecule has 0 spiro atoms. The Morgan fingerprint density at radius 2 is 1.77 bits per heavy atom. The Bertz CT molecular complexity index is 912. The lowest BCUT2D eigenvalue weighted by molar-refractivity contribution is -0.110. The highest BCUT2D eigenvalue weighted by Crippen LogP contribution is 2.23. The molecule has 0 aliphatic carbocycles. The number of hydrazone groups is 1. The van der Waals surface area contributed by atoms with Gasteiger partial charge in [0, 0.05) is 10.3 Å². The van der Waals surface area contributed by atoms with Crippen LogP contribution in [0.2, 0.25) is 0 Å². The van der Waals surface area contributed by atoms with Crippen molar-refractivity contribution < 1.29 is 4.79 Å².